The van der Waals surface area contributed by atoms with E-state index in [1.54, 1.807) is 0 Å². The minimum absolute atomic E-state index is 0.110. The van der Waals surface area contributed by atoms with Crippen molar-refractivity contribution in [3.05, 3.63) is 46.3 Å². The number of esters is 1. The maximum Gasteiger partial charge on any atom is 0.408 e. The second kappa shape index (κ2) is 10.1. The lowest BCUT2D eigenvalue weighted by Gasteiger charge is -2.16. The Morgan fingerprint density at radius 2 is 2.09 bits per heavy atom. The number of nitrogens with zero attached hydrogens (tertiary/aromatic N) is 3. The van der Waals surface area contributed by atoms with E-state index in [-0.39, 0.29) is 13.2 Å². The lowest BCUT2D eigenvalue weighted by atomic mass is 10.1. The van der Waals surface area contributed by atoms with Gasteiger partial charge in [-0.3, -0.25) is 0 Å². The quantitative estimate of drug-likeness (QED) is 0.261. The molecule has 0 aromatic heterocycles. The summed E-state index contributed by atoms with van der Waals surface area (Å²) in [7, 11) is 1.24. The van der Waals surface area contributed by atoms with Gasteiger partial charge in [-0.15, -0.1) is 0 Å². The third kappa shape index (κ3) is 6.62. The Hall–Kier alpha value is -2.73. The fraction of sp³-hybridized carbons (Fsp3) is 0.429. The Balaban J connectivity index is 2.44. The van der Waals surface area contributed by atoms with Gasteiger partial charge in [-0.1, -0.05) is 35.4 Å². The topological polar surface area (TPSA) is 113 Å². The molecule has 0 saturated carbocycles. The normalized spacial score (nSPS) is 11.0. The molecule has 0 saturated heterocycles. The van der Waals surface area contributed by atoms with E-state index in [0.717, 1.165) is 5.56 Å². The van der Waals surface area contributed by atoms with E-state index in [4.69, 9.17) is 10.3 Å². The van der Waals surface area contributed by atoms with Crippen LogP contribution in [-0.4, -0.2) is 31.8 Å². The number of alkyl carbamates (subject to hydrolysis) is 1. The first-order chi connectivity index (χ1) is 10.7. The number of nitrogens with one attached hydrogen (secondary N) is 1. The van der Waals surface area contributed by atoms with Gasteiger partial charge in [0.05, 0.1) is 7.11 Å². The molecular formula is C14H18N4O4. The molecule has 0 aliphatic heterocycles. The summed E-state index contributed by atoms with van der Waals surface area (Å²) in [5, 5.41) is 5.81. The lowest BCUT2D eigenvalue weighted by Crippen LogP contribution is -2.41. The van der Waals surface area contributed by atoms with Crippen molar-refractivity contribution in [2.45, 2.75) is 25.5 Å². The second-order valence-electron chi connectivity index (χ2n) is 4.38. The van der Waals surface area contributed by atoms with Gasteiger partial charge in [-0.2, -0.15) is 0 Å². The lowest BCUT2D eigenvalue weighted by molar-refractivity contribution is -0.143. The van der Waals surface area contributed by atoms with Crippen molar-refractivity contribution >= 4 is 12.1 Å². The summed E-state index contributed by atoms with van der Waals surface area (Å²) in [6, 6.07) is 8.35. The molecular weight excluding hydrogens is 288 g/mol. The molecule has 0 heterocycles. The van der Waals surface area contributed by atoms with E-state index >= 15 is 0 Å². The Labute approximate surface area is 128 Å². The first-order valence-electron chi connectivity index (χ1n) is 6.73. The third-order valence-electron chi connectivity index (χ3n) is 2.80. The average Bonchev–Trinajstić information content (AvgIpc) is 2.56. The maximum atomic E-state index is 11.7. The van der Waals surface area contributed by atoms with Crippen LogP contribution in [0.25, 0.3) is 10.4 Å². The van der Waals surface area contributed by atoms with Gasteiger partial charge in [0.15, 0.2) is 0 Å². The first-order valence-corrected chi connectivity index (χ1v) is 6.73. The Kier molecular flexibility index (Phi) is 7.92. The van der Waals surface area contributed by atoms with Crippen LogP contribution in [-0.2, 0) is 20.9 Å². The number of carbonyl (C=O) groups is 2. The number of azide groups is 1. The van der Waals surface area contributed by atoms with Gasteiger partial charge < -0.3 is 14.8 Å². The molecule has 22 heavy (non-hydrogen) atoms. The molecule has 0 radical (unpaired) electrons. The van der Waals surface area contributed by atoms with Crippen molar-refractivity contribution in [3.63, 3.8) is 0 Å². The van der Waals surface area contributed by atoms with Crippen molar-refractivity contribution in [2.24, 2.45) is 5.11 Å². The van der Waals surface area contributed by atoms with E-state index in [2.05, 4.69) is 20.1 Å². The number of methoxy groups -OCH3 is 1. The summed E-state index contributed by atoms with van der Waals surface area (Å²) in [5.41, 5.74) is 9.03. The molecule has 0 bridgehead atoms. The zero-order valence-corrected chi connectivity index (χ0v) is 12.3. The molecule has 0 unspecified atom stereocenters. The summed E-state index contributed by atoms with van der Waals surface area (Å²) in [5.74, 6) is -0.572. The van der Waals surface area contributed by atoms with Crippen molar-refractivity contribution in [3.8, 4) is 0 Å². The number of rotatable bonds is 8. The third-order valence-corrected chi connectivity index (χ3v) is 2.80. The van der Waals surface area contributed by atoms with E-state index in [9.17, 15) is 9.59 Å². The molecule has 118 valence electrons. The Morgan fingerprint density at radius 1 is 1.36 bits per heavy atom. The van der Waals surface area contributed by atoms with Crippen molar-refractivity contribution < 1.29 is 19.1 Å². The molecule has 0 aliphatic rings. The number of amides is 1. The summed E-state index contributed by atoms with van der Waals surface area (Å²) in [6.45, 7) is 0.351. The van der Waals surface area contributed by atoms with Gasteiger partial charge in [-0.05, 0) is 23.9 Å². The van der Waals surface area contributed by atoms with Crippen molar-refractivity contribution in [1.82, 2.24) is 5.32 Å². The summed E-state index contributed by atoms with van der Waals surface area (Å²) in [4.78, 5) is 25.9. The van der Waals surface area contributed by atoms with Gasteiger partial charge in [0.2, 0.25) is 0 Å². The molecule has 1 aromatic rings. The molecule has 0 aliphatic carbocycles. The molecule has 1 rings (SSSR count). The Bertz CT molecular complexity index is 529. The van der Waals surface area contributed by atoms with Crippen LogP contribution in [0.3, 0.4) is 0 Å². The molecule has 8 heteroatoms. The highest BCUT2D eigenvalue weighted by Crippen LogP contribution is 2.04. The second-order valence-corrected chi connectivity index (χ2v) is 4.38. The molecule has 0 fully saturated rings. The minimum atomic E-state index is -0.831. The maximum absolute atomic E-state index is 11.7. The highest BCUT2D eigenvalue weighted by atomic mass is 16.6. The molecule has 1 amide bonds. The summed E-state index contributed by atoms with van der Waals surface area (Å²) >= 11 is 0. The smallest absolute Gasteiger partial charge is 0.408 e. The SMILES string of the molecule is COC(=O)[C@H](CCCN=[N+]=[N-])NC(=O)OCc1ccccc1. The van der Waals surface area contributed by atoms with Crippen LogP contribution in [0.4, 0.5) is 4.79 Å². The first kappa shape index (κ1) is 17.3. The number of carbonyl (C=O) groups excluding carboxylic acids is 2. The number of hydrogen-bond donors (Lipinski definition) is 1. The molecule has 1 N–H and O–H groups in total. The van der Waals surface area contributed by atoms with Crippen molar-refractivity contribution in [1.29, 1.82) is 0 Å². The van der Waals surface area contributed by atoms with E-state index < -0.39 is 18.1 Å². The van der Waals surface area contributed by atoms with E-state index in [1.165, 1.54) is 7.11 Å². The van der Waals surface area contributed by atoms with Gasteiger partial charge in [0, 0.05) is 11.5 Å². The van der Waals surface area contributed by atoms with Crippen LogP contribution >= 0.6 is 0 Å². The standard InChI is InChI=1S/C14H18N4O4/c1-21-13(19)12(8-5-9-16-18-15)17-14(20)22-10-11-6-3-2-4-7-11/h2-4,6-7,12H,5,8-10H2,1H3,(H,17,20)/t12-/m0/s1. The monoisotopic (exact) mass is 306 g/mol. The van der Waals surface area contributed by atoms with Gasteiger partial charge in [0.1, 0.15) is 12.6 Å². The van der Waals surface area contributed by atoms with Gasteiger partial charge in [0.25, 0.3) is 0 Å². The fourth-order valence-corrected chi connectivity index (χ4v) is 1.71. The fourth-order valence-electron chi connectivity index (χ4n) is 1.71. The Morgan fingerprint density at radius 3 is 2.73 bits per heavy atom. The number of benzene rings is 1. The molecule has 1 aromatic carbocycles. The van der Waals surface area contributed by atoms with Crippen LogP contribution in [0.2, 0.25) is 0 Å². The molecule has 8 nitrogen and oxygen atoms in total. The number of hydrogen-bond acceptors (Lipinski definition) is 5. The predicted molar refractivity (Wildman–Crippen MR) is 78.8 cm³/mol. The highest BCUT2D eigenvalue weighted by Gasteiger charge is 2.21. The van der Waals surface area contributed by atoms with Crippen LogP contribution in [0.5, 0.6) is 0 Å². The average molecular weight is 306 g/mol. The molecule has 0 spiro atoms. The highest BCUT2D eigenvalue weighted by molar-refractivity contribution is 5.81. The van der Waals surface area contributed by atoms with Crippen molar-refractivity contribution in [2.75, 3.05) is 13.7 Å². The van der Waals surface area contributed by atoms with Crippen LogP contribution in [0, 0.1) is 0 Å². The minimum Gasteiger partial charge on any atom is -0.467 e. The van der Waals surface area contributed by atoms with E-state index in [1.807, 2.05) is 30.3 Å². The van der Waals surface area contributed by atoms with Crippen LogP contribution in [0.1, 0.15) is 18.4 Å². The van der Waals surface area contributed by atoms with Gasteiger partial charge in [-0.25, -0.2) is 9.59 Å². The van der Waals surface area contributed by atoms with Crippen LogP contribution < -0.4 is 5.32 Å². The summed E-state index contributed by atoms with van der Waals surface area (Å²) < 4.78 is 9.66. The zero-order valence-electron chi connectivity index (χ0n) is 12.3. The zero-order chi connectivity index (χ0) is 16.2. The van der Waals surface area contributed by atoms with E-state index in [0.29, 0.717) is 12.8 Å². The summed E-state index contributed by atoms with van der Waals surface area (Å²) in [6.07, 6.45) is 0.0394. The van der Waals surface area contributed by atoms with Gasteiger partial charge >= 0.3 is 12.1 Å². The molecule has 1 atom stereocenters. The predicted octanol–water partition coefficient (Wildman–Crippen LogP) is 2.54. The largest absolute Gasteiger partial charge is 0.467 e. The number of ether oxygens (including phenoxy) is 2. The van der Waals surface area contributed by atoms with Crippen LogP contribution in [0.15, 0.2) is 35.4 Å².